The summed E-state index contributed by atoms with van der Waals surface area (Å²) in [6.45, 7) is 4.53. The lowest BCUT2D eigenvalue weighted by atomic mass is 10.1. The highest BCUT2D eigenvalue weighted by molar-refractivity contribution is 5.91. The van der Waals surface area contributed by atoms with Crippen LogP contribution in [0.2, 0.25) is 0 Å². The van der Waals surface area contributed by atoms with Crippen molar-refractivity contribution in [3.63, 3.8) is 0 Å². The minimum atomic E-state index is -0.860. The van der Waals surface area contributed by atoms with Crippen molar-refractivity contribution in [1.29, 1.82) is 0 Å². The topological polar surface area (TPSA) is 69.6 Å². The number of anilines is 1. The maximum Gasteiger partial charge on any atom is 0.322 e. The number of amides is 2. The van der Waals surface area contributed by atoms with Crippen molar-refractivity contribution in [2.45, 2.75) is 39.2 Å². The van der Waals surface area contributed by atoms with Crippen LogP contribution >= 0.6 is 0 Å². The Bertz CT molecular complexity index is 528. The smallest absolute Gasteiger partial charge is 0.322 e. The van der Waals surface area contributed by atoms with Gasteiger partial charge in [0, 0.05) is 18.3 Å². The fraction of sp³-hybridized carbons (Fsp3) is 0.467. The monoisotopic (exact) mass is 276 g/mol. The maximum absolute atomic E-state index is 12.3. The predicted octanol–water partition coefficient (Wildman–Crippen LogP) is 2.77. The summed E-state index contributed by atoms with van der Waals surface area (Å²) in [5.41, 5.74) is 2.86. The summed E-state index contributed by atoms with van der Waals surface area (Å²) in [5.74, 6) is -0.860. The molecule has 1 aliphatic rings. The van der Waals surface area contributed by atoms with Crippen molar-refractivity contribution in [2.75, 3.05) is 11.9 Å². The number of carbonyl (C=O) groups excluding carboxylic acids is 1. The van der Waals surface area contributed by atoms with E-state index in [1.807, 2.05) is 32.0 Å². The number of nitrogens with zero attached hydrogens (tertiary/aromatic N) is 1. The third kappa shape index (κ3) is 3.29. The highest BCUT2D eigenvalue weighted by atomic mass is 16.4. The molecule has 20 heavy (non-hydrogen) atoms. The lowest BCUT2D eigenvalue weighted by Crippen LogP contribution is -2.39. The zero-order chi connectivity index (χ0) is 14.7. The molecule has 5 nitrogen and oxygen atoms in total. The van der Waals surface area contributed by atoms with Crippen LogP contribution in [-0.4, -0.2) is 34.6 Å². The number of carboxylic acid groups (broad SMARTS) is 1. The van der Waals surface area contributed by atoms with Gasteiger partial charge < -0.3 is 15.3 Å². The van der Waals surface area contributed by atoms with Gasteiger partial charge in [0.15, 0.2) is 0 Å². The molecule has 1 unspecified atom stereocenters. The Kier molecular flexibility index (Phi) is 4.27. The van der Waals surface area contributed by atoms with Crippen LogP contribution in [0.3, 0.4) is 0 Å². The Hall–Kier alpha value is -2.04. The standard InChI is InChI=1S/C15H20N2O3/c1-10-5-6-11(2)13(8-10)16-15(20)17-7-3-4-12(17)9-14(18)19/h5-6,8,12H,3-4,7,9H2,1-2H3,(H,16,20)(H,18,19). The first-order valence-corrected chi connectivity index (χ1v) is 6.84. The predicted molar refractivity (Wildman–Crippen MR) is 76.9 cm³/mol. The van der Waals surface area contributed by atoms with Gasteiger partial charge in [0.25, 0.3) is 0 Å². The molecule has 1 aliphatic heterocycles. The summed E-state index contributed by atoms with van der Waals surface area (Å²) in [6.07, 6.45) is 1.63. The minimum Gasteiger partial charge on any atom is -0.481 e. The molecule has 2 rings (SSSR count). The van der Waals surface area contributed by atoms with E-state index in [2.05, 4.69) is 5.32 Å². The molecular formula is C15H20N2O3. The van der Waals surface area contributed by atoms with E-state index in [1.54, 1.807) is 4.90 Å². The van der Waals surface area contributed by atoms with Gasteiger partial charge in [-0.1, -0.05) is 12.1 Å². The number of hydrogen-bond acceptors (Lipinski definition) is 2. The van der Waals surface area contributed by atoms with E-state index in [1.165, 1.54) is 0 Å². The molecule has 108 valence electrons. The average Bonchev–Trinajstić information content (AvgIpc) is 2.81. The van der Waals surface area contributed by atoms with Gasteiger partial charge in [-0.25, -0.2) is 4.79 Å². The fourth-order valence-electron chi connectivity index (χ4n) is 2.57. The third-order valence-electron chi connectivity index (χ3n) is 3.68. The van der Waals surface area contributed by atoms with Crippen molar-refractivity contribution in [3.05, 3.63) is 29.3 Å². The number of likely N-dealkylation sites (tertiary alicyclic amines) is 1. The summed E-state index contributed by atoms with van der Waals surface area (Å²) in [4.78, 5) is 24.7. The molecule has 1 saturated heterocycles. The van der Waals surface area contributed by atoms with Crippen LogP contribution in [0.5, 0.6) is 0 Å². The number of nitrogens with one attached hydrogen (secondary N) is 1. The van der Waals surface area contributed by atoms with E-state index < -0.39 is 5.97 Å². The average molecular weight is 276 g/mol. The lowest BCUT2D eigenvalue weighted by Gasteiger charge is -2.24. The summed E-state index contributed by atoms with van der Waals surface area (Å²) < 4.78 is 0. The number of carboxylic acids is 1. The molecule has 1 aromatic carbocycles. The maximum atomic E-state index is 12.3. The number of urea groups is 1. The number of aliphatic carboxylic acids is 1. The molecule has 1 heterocycles. The second-order valence-corrected chi connectivity index (χ2v) is 5.34. The van der Waals surface area contributed by atoms with Gasteiger partial charge in [0.05, 0.1) is 6.42 Å². The van der Waals surface area contributed by atoms with Crippen LogP contribution in [0.1, 0.15) is 30.4 Å². The number of benzene rings is 1. The van der Waals surface area contributed by atoms with Gasteiger partial charge in [-0.15, -0.1) is 0 Å². The summed E-state index contributed by atoms with van der Waals surface area (Å²) >= 11 is 0. The van der Waals surface area contributed by atoms with E-state index in [9.17, 15) is 9.59 Å². The zero-order valence-corrected chi connectivity index (χ0v) is 11.8. The summed E-state index contributed by atoms with van der Waals surface area (Å²) in [5, 5.41) is 11.8. The Morgan fingerprint density at radius 1 is 1.40 bits per heavy atom. The van der Waals surface area contributed by atoms with Crippen LogP contribution in [0.4, 0.5) is 10.5 Å². The highest BCUT2D eigenvalue weighted by Crippen LogP contribution is 2.23. The van der Waals surface area contributed by atoms with Gasteiger partial charge in [-0.05, 0) is 43.9 Å². The molecule has 2 amide bonds. The molecule has 0 aliphatic carbocycles. The van der Waals surface area contributed by atoms with Crippen LogP contribution < -0.4 is 5.32 Å². The van der Waals surface area contributed by atoms with E-state index in [-0.39, 0.29) is 18.5 Å². The van der Waals surface area contributed by atoms with Crippen molar-refractivity contribution in [3.8, 4) is 0 Å². The number of hydrogen-bond donors (Lipinski definition) is 2. The normalized spacial score (nSPS) is 18.1. The molecule has 0 radical (unpaired) electrons. The Labute approximate surface area is 118 Å². The van der Waals surface area contributed by atoms with Crippen LogP contribution in [-0.2, 0) is 4.79 Å². The Balaban J connectivity index is 2.07. The number of rotatable bonds is 3. The van der Waals surface area contributed by atoms with Gasteiger partial charge in [0.1, 0.15) is 0 Å². The van der Waals surface area contributed by atoms with Crippen molar-refractivity contribution in [2.24, 2.45) is 0 Å². The Morgan fingerprint density at radius 2 is 2.15 bits per heavy atom. The second-order valence-electron chi connectivity index (χ2n) is 5.34. The minimum absolute atomic E-state index is 0.0141. The van der Waals surface area contributed by atoms with Crippen molar-refractivity contribution >= 4 is 17.7 Å². The number of carbonyl (C=O) groups is 2. The van der Waals surface area contributed by atoms with E-state index in [4.69, 9.17) is 5.11 Å². The molecule has 0 spiro atoms. The largest absolute Gasteiger partial charge is 0.481 e. The van der Waals surface area contributed by atoms with E-state index in [0.717, 1.165) is 29.7 Å². The first kappa shape index (κ1) is 14.4. The van der Waals surface area contributed by atoms with Gasteiger partial charge >= 0.3 is 12.0 Å². The number of aryl methyl sites for hydroxylation is 2. The molecule has 2 N–H and O–H groups in total. The SMILES string of the molecule is Cc1ccc(C)c(NC(=O)N2CCCC2CC(=O)O)c1. The van der Waals surface area contributed by atoms with Gasteiger partial charge in [-0.3, -0.25) is 4.79 Å². The van der Waals surface area contributed by atoms with E-state index in [0.29, 0.717) is 6.54 Å². The van der Waals surface area contributed by atoms with Crippen LogP contribution in [0.25, 0.3) is 0 Å². The van der Waals surface area contributed by atoms with Crippen molar-refractivity contribution < 1.29 is 14.7 Å². The van der Waals surface area contributed by atoms with Gasteiger partial charge in [0.2, 0.25) is 0 Å². The molecule has 0 bridgehead atoms. The second kappa shape index (κ2) is 5.94. The quantitative estimate of drug-likeness (QED) is 0.891. The Morgan fingerprint density at radius 3 is 2.85 bits per heavy atom. The molecule has 5 heteroatoms. The molecule has 1 aromatic rings. The third-order valence-corrected chi connectivity index (χ3v) is 3.68. The zero-order valence-electron chi connectivity index (χ0n) is 11.8. The first-order chi connectivity index (χ1) is 9.47. The van der Waals surface area contributed by atoms with Crippen molar-refractivity contribution in [1.82, 2.24) is 4.90 Å². The molecule has 0 aromatic heterocycles. The van der Waals surface area contributed by atoms with Crippen LogP contribution in [0, 0.1) is 13.8 Å². The van der Waals surface area contributed by atoms with Gasteiger partial charge in [-0.2, -0.15) is 0 Å². The molecule has 0 saturated carbocycles. The first-order valence-electron chi connectivity index (χ1n) is 6.84. The summed E-state index contributed by atoms with van der Waals surface area (Å²) in [6, 6.07) is 5.48. The fourth-order valence-corrected chi connectivity index (χ4v) is 2.57. The molecule has 1 atom stereocenters. The summed E-state index contributed by atoms with van der Waals surface area (Å²) in [7, 11) is 0. The van der Waals surface area contributed by atoms with Crippen LogP contribution in [0.15, 0.2) is 18.2 Å². The molecular weight excluding hydrogens is 256 g/mol. The van der Waals surface area contributed by atoms with E-state index >= 15 is 0 Å². The lowest BCUT2D eigenvalue weighted by molar-refractivity contribution is -0.137. The molecule has 1 fully saturated rings. The highest BCUT2D eigenvalue weighted by Gasteiger charge is 2.30.